The van der Waals surface area contributed by atoms with Gasteiger partial charge in [-0.2, -0.15) is 0 Å². The zero-order valence-electron chi connectivity index (χ0n) is 18.5. The molecule has 0 heterocycles. The number of carbonyl (C=O) groups is 2. The van der Waals surface area contributed by atoms with Gasteiger partial charge >= 0.3 is 11.9 Å². The van der Waals surface area contributed by atoms with Crippen molar-refractivity contribution in [1.29, 1.82) is 0 Å². The molecule has 0 radical (unpaired) electrons. The average Bonchev–Trinajstić information content (AvgIpc) is 2.65. The van der Waals surface area contributed by atoms with Crippen LogP contribution in [-0.2, 0) is 14.3 Å². The van der Waals surface area contributed by atoms with Crippen molar-refractivity contribution in [1.82, 2.24) is 5.32 Å². The van der Waals surface area contributed by atoms with Crippen molar-refractivity contribution >= 4 is 11.9 Å². The van der Waals surface area contributed by atoms with Crippen LogP contribution in [0.2, 0.25) is 0 Å². The van der Waals surface area contributed by atoms with Gasteiger partial charge in [0.2, 0.25) is 5.91 Å². The Bertz CT molecular complexity index is 432. The van der Waals surface area contributed by atoms with Gasteiger partial charge in [-0.05, 0) is 19.8 Å². The molecule has 0 fully saturated rings. The fourth-order valence-corrected chi connectivity index (χ4v) is 3.22. The van der Waals surface area contributed by atoms with E-state index >= 15 is 0 Å². The average molecular weight is 418 g/mol. The number of carboxylic acids is 1. The van der Waals surface area contributed by atoms with Crippen LogP contribution in [-0.4, -0.2) is 45.8 Å². The third-order valence-corrected chi connectivity index (χ3v) is 5.01. The van der Waals surface area contributed by atoms with Crippen LogP contribution in [0.25, 0.3) is 0 Å². The molecule has 0 rings (SSSR count). The molecule has 0 saturated carbocycles. The molecule has 0 aromatic carbocycles. The van der Waals surface area contributed by atoms with E-state index in [1.165, 1.54) is 64.7 Å². The Morgan fingerprint density at radius 1 is 0.897 bits per heavy atom. The molecule has 2 unspecified atom stereocenters. The third kappa shape index (κ3) is 15.3. The Kier molecular flexibility index (Phi) is 16.9. The second-order valence-corrected chi connectivity index (χ2v) is 7.93. The summed E-state index contributed by atoms with van der Waals surface area (Å²) in [5.41, 5.74) is 0. The highest BCUT2D eigenvalue weighted by Crippen LogP contribution is 2.14. The van der Waals surface area contributed by atoms with Gasteiger partial charge in [0.15, 0.2) is 0 Å². The number of aliphatic carboxylic acids is 1. The highest BCUT2D eigenvalue weighted by Gasteiger charge is 2.40. The first-order chi connectivity index (χ1) is 13.9. The standard InChI is InChI=1S/C22H43NO6/c1-3-4-5-6-7-8-9-10-11-12-13-14-15-16-20(25)23-22(28,21(26)27)29-19(2)17-18-24/h19,24,28H,3-18H2,1-2H3,(H,23,25)(H,26,27). The van der Waals surface area contributed by atoms with E-state index in [-0.39, 0.29) is 19.4 Å². The summed E-state index contributed by atoms with van der Waals surface area (Å²) in [5.74, 6) is -5.00. The number of nitrogens with one attached hydrogen (secondary N) is 1. The summed E-state index contributed by atoms with van der Waals surface area (Å²) < 4.78 is 4.99. The molecule has 0 aliphatic carbocycles. The molecule has 7 nitrogen and oxygen atoms in total. The molecule has 4 N–H and O–H groups in total. The third-order valence-electron chi connectivity index (χ3n) is 5.01. The zero-order chi connectivity index (χ0) is 22.0. The van der Waals surface area contributed by atoms with E-state index in [4.69, 9.17) is 14.9 Å². The minimum atomic E-state index is -2.76. The Hall–Kier alpha value is -1.18. The highest BCUT2D eigenvalue weighted by atomic mass is 16.7. The van der Waals surface area contributed by atoms with Gasteiger partial charge in [-0.1, -0.05) is 84.0 Å². The first-order valence-electron chi connectivity index (χ1n) is 11.4. The smallest absolute Gasteiger partial charge is 0.387 e. The van der Waals surface area contributed by atoms with Gasteiger partial charge in [-0.25, -0.2) is 4.79 Å². The minimum absolute atomic E-state index is 0.144. The molecule has 0 saturated heterocycles. The monoisotopic (exact) mass is 417 g/mol. The van der Waals surface area contributed by atoms with Crippen molar-refractivity contribution in [3.05, 3.63) is 0 Å². The number of aliphatic hydroxyl groups is 2. The molecule has 0 aliphatic rings. The summed E-state index contributed by atoms with van der Waals surface area (Å²) >= 11 is 0. The van der Waals surface area contributed by atoms with Crippen molar-refractivity contribution in [3.63, 3.8) is 0 Å². The molecule has 7 heteroatoms. The molecule has 0 spiro atoms. The second kappa shape index (κ2) is 17.7. The van der Waals surface area contributed by atoms with Crippen LogP contribution in [0.4, 0.5) is 0 Å². The molecule has 0 aromatic heterocycles. The zero-order valence-corrected chi connectivity index (χ0v) is 18.5. The lowest BCUT2D eigenvalue weighted by atomic mass is 10.0. The van der Waals surface area contributed by atoms with E-state index < -0.39 is 23.9 Å². The van der Waals surface area contributed by atoms with E-state index in [2.05, 4.69) is 6.92 Å². The Morgan fingerprint density at radius 3 is 1.76 bits per heavy atom. The summed E-state index contributed by atoms with van der Waals surface area (Å²) in [6.07, 6.45) is 15.2. The van der Waals surface area contributed by atoms with Crippen LogP contribution in [0.15, 0.2) is 0 Å². The lowest BCUT2D eigenvalue weighted by molar-refractivity contribution is -0.250. The molecular formula is C22H43NO6. The fraction of sp³-hybridized carbons (Fsp3) is 0.909. The van der Waals surface area contributed by atoms with E-state index in [9.17, 15) is 14.7 Å². The van der Waals surface area contributed by atoms with Crippen LogP contribution in [0.1, 0.15) is 110 Å². The number of hydrogen-bond acceptors (Lipinski definition) is 5. The van der Waals surface area contributed by atoms with Gasteiger partial charge in [0.05, 0.1) is 6.10 Å². The Morgan fingerprint density at radius 2 is 1.34 bits per heavy atom. The van der Waals surface area contributed by atoms with Crippen molar-refractivity contribution in [2.45, 2.75) is 122 Å². The van der Waals surface area contributed by atoms with Crippen molar-refractivity contribution in [2.24, 2.45) is 0 Å². The summed E-state index contributed by atoms with van der Waals surface area (Å²) in [5, 5.41) is 30.0. The fourth-order valence-electron chi connectivity index (χ4n) is 3.22. The summed E-state index contributed by atoms with van der Waals surface area (Å²) in [7, 11) is 0. The van der Waals surface area contributed by atoms with Crippen LogP contribution in [0.3, 0.4) is 0 Å². The Labute approximate surface area is 176 Å². The van der Waals surface area contributed by atoms with Crippen molar-refractivity contribution in [2.75, 3.05) is 6.61 Å². The van der Waals surface area contributed by atoms with Crippen molar-refractivity contribution in [3.8, 4) is 0 Å². The summed E-state index contributed by atoms with van der Waals surface area (Å²) in [4.78, 5) is 23.2. The molecule has 0 bridgehead atoms. The van der Waals surface area contributed by atoms with Crippen LogP contribution in [0, 0.1) is 0 Å². The highest BCUT2D eigenvalue weighted by molar-refractivity contribution is 5.84. The maximum absolute atomic E-state index is 11.9. The summed E-state index contributed by atoms with van der Waals surface area (Å²) in [6, 6.07) is 0. The second-order valence-electron chi connectivity index (χ2n) is 7.93. The van der Waals surface area contributed by atoms with Gasteiger partial charge in [0, 0.05) is 13.0 Å². The maximum Gasteiger partial charge on any atom is 0.387 e. The number of amides is 1. The molecular weight excluding hydrogens is 374 g/mol. The Balaban J connectivity index is 3.75. The van der Waals surface area contributed by atoms with E-state index in [0.29, 0.717) is 6.42 Å². The molecule has 1 amide bonds. The largest absolute Gasteiger partial charge is 0.476 e. The lowest BCUT2D eigenvalue weighted by Gasteiger charge is -2.27. The maximum atomic E-state index is 11.9. The number of ether oxygens (including phenoxy) is 1. The number of hydrogen-bond donors (Lipinski definition) is 4. The molecule has 172 valence electrons. The molecule has 0 aromatic rings. The first-order valence-corrected chi connectivity index (χ1v) is 11.4. The van der Waals surface area contributed by atoms with Gasteiger partial charge in [0.1, 0.15) is 0 Å². The van der Waals surface area contributed by atoms with Gasteiger partial charge < -0.3 is 20.1 Å². The van der Waals surface area contributed by atoms with Crippen molar-refractivity contribution < 1.29 is 29.6 Å². The first kappa shape index (κ1) is 27.8. The number of unbranched alkanes of at least 4 members (excludes halogenated alkanes) is 12. The van der Waals surface area contributed by atoms with Crippen LogP contribution in [0.5, 0.6) is 0 Å². The van der Waals surface area contributed by atoms with E-state index in [1.807, 2.05) is 5.32 Å². The topological polar surface area (TPSA) is 116 Å². The normalized spacial score (nSPS) is 14.3. The molecule has 29 heavy (non-hydrogen) atoms. The number of rotatable bonds is 20. The molecule has 0 aliphatic heterocycles. The van der Waals surface area contributed by atoms with Gasteiger partial charge in [-0.15, -0.1) is 0 Å². The summed E-state index contributed by atoms with van der Waals surface area (Å²) in [6.45, 7) is 3.55. The minimum Gasteiger partial charge on any atom is -0.476 e. The van der Waals surface area contributed by atoms with E-state index in [1.54, 1.807) is 0 Å². The number of carboxylic acid groups (broad SMARTS) is 1. The predicted molar refractivity (Wildman–Crippen MR) is 113 cm³/mol. The van der Waals surface area contributed by atoms with Gasteiger partial charge in [-0.3, -0.25) is 10.1 Å². The number of carbonyl (C=O) groups excluding carboxylic acids is 1. The van der Waals surface area contributed by atoms with Crippen LogP contribution >= 0.6 is 0 Å². The molecule has 2 atom stereocenters. The quantitative estimate of drug-likeness (QED) is 0.175. The SMILES string of the molecule is CCCCCCCCCCCCCCCC(=O)NC(O)(OC(C)CCO)C(=O)O. The van der Waals surface area contributed by atoms with E-state index in [0.717, 1.165) is 19.3 Å². The predicted octanol–water partition coefficient (Wildman–Crippen LogP) is 4.10. The van der Waals surface area contributed by atoms with Gasteiger partial charge in [0.25, 0.3) is 0 Å². The number of aliphatic hydroxyl groups excluding tert-OH is 1. The lowest BCUT2D eigenvalue weighted by Crippen LogP contribution is -2.57. The van der Waals surface area contributed by atoms with Crippen LogP contribution < -0.4 is 5.32 Å².